The normalized spacial score (nSPS) is 16.9. The van der Waals surface area contributed by atoms with E-state index in [1.165, 1.54) is 22.2 Å². The quantitative estimate of drug-likeness (QED) is 0.148. The maximum atomic E-state index is 14.2. The SMILES string of the molecule is CCCCCCN1C(=O)/C(=C2/C(=O)N(CCCCCC)c3c2sc2ccccc32)c2sc3ccccc3c21. The van der Waals surface area contributed by atoms with Gasteiger partial charge in [0.1, 0.15) is 0 Å². The number of benzene rings is 2. The van der Waals surface area contributed by atoms with Crippen LogP contribution in [0.25, 0.3) is 31.3 Å². The van der Waals surface area contributed by atoms with Gasteiger partial charge in [-0.2, -0.15) is 0 Å². The minimum Gasteiger partial charge on any atom is -0.306 e. The van der Waals surface area contributed by atoms with Gasteiger partial charge in [-0.05, 0) is 25.0 Å². The lowest BCUT2D eigenvalue weighted by Gasteiger charge is -2.18. The van der Waals surface area contributed by atoms with Crippen LogP contribution < -0.4 is 9.80 Å². The van der Waals surface area contributed by atoms with Crippen LogP contribution in [-0.4, -0.2) is 24.9 Å². The zero-order chi connectivity index (χ0) is 26.2. The average molecular weight is 543 g/mol. The summed E-state index contributed by atoms with van der Waals surface area (Å²) in [4.78, 5) is 34.3. The molecule has 4 nitrogen and oxygen atoms in total. The van der Waals surface area contributed by atoms with Crippen molar-refractivity contribution >= 4 is 77.2 Å². The van der Waals surface area contributed by atoms with Crippen LogP contribution in [-0.2, 0) is 9.59 Å². The van der Waals surface area contributed by atoms with E-state index in [0.717, 1.165) is 70.4 Å². The van der Waals surface area contributed by atoms with E-state index in [2.05, 4.69) is 50.2 Å². The Balaban J connectivity index is 1.51. The number of carbonyl (C=O) groups excluding carboxylic acids is 2. The molecule has 0 aliphatic carbocycles. The van der Waals surface area contributed by atoms with Crippen LogP contribution in [0, 0.1) is 0 Å². The summed E-state index contributed by atoms with van der Waals surface area (Å²) in [5.74, 6) is -0.0128. The van der Waals surface area contributed by atoms with Crippen LogP contribution in [0.5, 0.6) is 0 Å². The van der Waals surface area contributed by atoms with E-state index < -0.39 is 0 Å². The van der Waals surface area contributed by atoms with Crippen molar-refractivity contribution in [1.82, 2.24) is 0 Å². The third-order valence-corrected chi connectivity index (χ3v) is 10.1. The van der Waals surface area contributed by atoms with Gasteiger partial charge in [-0.25, -0.2) is 0 Å². The summed E-state index contributed by atoms with van der Waals surface area (Å²) in [6.07, 6.45) is 8.81. The minimum absolute atomic E-state index is 0.00640. The lowest BCUT2D eigenvalue weighted by atomic mass is 10.1. The molecule has 6 rings (SSSR count). The highest BCUT2D eigenvalue weighted by atomic mass is 32.1. The van der Waals surface area contributed by atoms with Crippen molar-refractivity contribution < 1.29 is 9.59 Å². The van der Waals surface area contributed by atoms with E-state index in [0.29, 0.717) is 24.2 Å². The molecule has 4 heterocycles. The smallest absolute Gasteiger partial charge is 0.260 e. The molecular weight excluding hydrogens is 508 g/mol. The highest BCUT2D eigenvalue weighted by Gasteiger charge is 2.45. The summed E-state index contributed by atoms with van der Waals surface area (Å²) in [6, 6.07) is 16.7. The van der Waals surface area contributed by atoms with Crippen molar-refractivity contribution in [3.05, 3.63) is 58.3 Å². The Morgan fingerprint density at radius 3 is 1.42 bits per heavy atom. The number of hydrogen-bond acceptors (Lipinski definition) is 4. The first-order valence-corrected chi connectivity index (χ1v) is 15.7. The highest BCUT2D eigenvalue weighted by Crippen LogP contribution is 2.55. The molecule has 0 bridgehead atoms. The predicted molar refractivity (Wildman–Crippen MR) is 163 cm³/mol. The van der Waals surface area contributed by atoms with Gasteiger partial charge in [-0.3, -0.25) is 9.59 Å². The number of carbonyl (C=O) groups is 2. The van der Waals surface area contributed by atoms with E-state index >= 15 is 0 Å². The van der Waals surface area contributed by atoms with Gasteiger partial charge in [-0.1, -0.05) is 88.8 Å². The predicted octanol–water partition coefficient (Wildman–Crippen LogP) is 8.88. The third-order valence-electron chi connectivity index (χ3n) is 7.77. The van der Waals surface area contributed by atoms with Gasteiger partial charge >= 0.3 is 0 Å². The first-order valence-electron chi connectivity index (χ1n) is 14.1. The van der Waals surface area contributed by atoms with Crippen LogP contribution in [0.4, 0.5) is 11.4 Å². The summed E-state index contributed by atoms with van der Waals surface area (Å²) in [7, 11) is 0. The molecule has 38 heavy (non-hydrogen) atoms. The summed E-state index contributed by atoms with van der Waals surface area (Å²) < 4.78 is 2.33. The molecule has 0 saturated carbocycles. The standard InChI is InChI=1S/C32H34N2O2S2/c1-3-5-7-13-19-33-27-21-15-9-11-17-23(21)37-29(27)25(31(33)35)26-30-28(22-16-10-12-18-24(22)38-30)34(32(26)36)20-14-8-6-4-2/h9-12,15-18H,3-8,13-14,19-20H2,1-2H3/b26-25+. The van der Waals surface area contributed by atoms with Gasteiger partial charge in [0.25, 0.3) is 11.8 Å². The van der Waals surface area contributed by atoms with Crippen molar-refractivity contribution in [2.75, 3.05) is 22.9 Å². The first-order chi connectivity index (χ1) is 18.7. The van der Waals surface area contributed by atoms with Crippen LogP contribution in [0.15, 0.2) is 48.5 Å². The summed E-state index contributed by atoms with van der Waals surface area (Å²) in [5, 5.41) is 2.23. The number of unbranched alkanes of at least 4 members (excludes halogenated alkanes) is 6. The molecule has 6 heteroatoms. The number of anilines is 2. The molecule has 0 saturated heterocycles. The number of amides is 2. The lowest BCUT2D eigenvalue weighted by Crippen LogP contribution is -2.30. The minimum atomic E-state index is -0.00640. The summed E-state index contributed by atoms with van der Waals surface area (Å²) >= 11 is 3.31. The Labute approximate surface area is 232 Å². The Morgan fingerprint density at radius 1 is 0.579 bits per heavy atom. The van der Waals surface area contributed by atoms with Crippen molar-refractivity contribution in [2.45, 2.75) is 65.2 Å². The van der Waals surface area contributed by atoms with E-state index in [9.17, 15) is 9.59 Å². The van der Waals surface area contributed by atoms with Crippen molar-refractivity contribution in [1.29, 1.82) is 0 Å². The molecule has 2 aromatic heterocycles. The topological polar surface area (TPSA) is 40.6 Å². The molecule has 196 valence electrons. The molecule has 0 radical (unpaired) electrons. The second-order valence-electron chi connectivity index (χ2n) is 10.3. The molecular formula is C32H34N2O2S2. The number of fused-ring (bicyclic) bond motifs is 6. The Kier molecular flexibility index (Phi) is 7.10. The second-order valence-corrected chi connectivity index (χ2v) is 12.4. The molecule has 2 aliphatic heterocycles. The number of rotatable bonds is 10. The molecule has 0 spiro atoms. The van der Waals surface area contributed by atoms with Gasteiger partial charge in [0.15, 0.2) is 0 Å². The maximum absolute atomic E-state index is 14.2. The second kappa shape index (κ2) is 10.7. The van der Waals surface area contributed by atoms with Gasteiger partial charge in [-0.15, -0.1) is 22.7 Å². The fraction of sp³-hybridized carbons (Fsp3) is 0.375. The van der Waals surface area contributed by atoms with Gasteiger partial charge in [0.05, 0.1) is 32.3 Å². The average Bonchev–Trinajstić information content (AvgIpc) is 3.63. The molecule has 2 aromatic carbocycles. The third kappa shape index (κ3) is 4.09. The largest absolute Gasteiger partial charge is 0.306 e. The monoisotopic (exact) mass is 542 g/mol. The van der Waals surface area contributed by atoms with Crippen molar-refractivity contribution in [3.8, 4) is 0 Å². The molecule has 0 unspecified atom stereocenters. The van der Waals surface area contributed by atoms with Crippen molar-refractivity contribution in [3.63, 3.8) is 0 Å². The van der Waals surface area contributed by atoms with E-state index in [-0.39, 0.29) is 11.8 Å². The van der Waals surface area contributed by atoms with E-state index in [1.54, 1.807) is 22.7 Å². The van der Waals surface area contributed by atoms with Gasteiger partial charge < -0.3 is 9.80 Å². The summed E-state index contributed by atoms with van der Waals surface area (Å²) in [6.45, 7) is 5.79. The van der Waals surface area contributed by atoms with Gasteiger partial charge in [0, 0.05) is 33.3 Å². The Bertz CT molecular complexity index is 1440. The van der Waals surface area contributed by atoms with Crippen LogP contribution in [0.3, 0.4) is 0 Å². The fourth-order valence-electron chi connectivity index (χ4n) is 5.87. The fourth-order valence-corrected chi connectivity index (χ4v) is 8.37. The van der Waals surface area contributed by atoms with E-state index in [1.807, 2.05) is 21.9 Å². The maximum Gasteiger partial charge on any atom is 0.260 e. The Morgan fingerprint density at radius 2 is 1.00 bits per heavy atom. The van der Waals surface area contributed by atoms with Crippen LogP contribution in [0.1, 0.15) is 75.0 Å². The number of nitrogens with zero attached hydrogens (tertiary/aromatic N) is 2. The van der Waals surface area contributed by atoms with Crippen LogP contribution >= 0.6 is 22.7 Å². The zero-order valence-electron chi connectivity index (χ0n) is 22.2. The molecule has 2 amide bonds. The van der Waals surface area contributed by atoms with Crippen LogP contribution in [0.2, 0.25) is 0 Å². The molecule has 0 atom stereocenters. The lowest BCUT2D eigenvalue weighted by molar-refractivity contribution is -0.114. The molecule has 0 N–H and O–H groups in total. The van der Waals surface area contributed by atoms with E-state index in [4.69, 9.17) is 0 Å². The number of hydrogen-bond donors (Lipinski definition) is 0. The highest BCUT2D eigenvalue weighted by molar-refractivity contribution is 7.23. The first kappa shape index (κ1) is 25.3. The molecule has 4 aromatic rings. The summed E-state index contributed by atoms with van der Waals surface area (Å²) in [5.41, 5.74) is 3.24. The van der Waals surface area contributed by atoms with Gasteiger partial charge in [0.2, 0.25) is 0 Å². The molecule has 2 aliphatic rings. The number of thiophene rings is 2. The van der Waals surface area contributed by atoms with Crippen molar-refractivity contribution in [2.24, 2.45) is 0 Å². The Hall–Kier alpha value is -2.96. The molecule has 0 fully saturated rings. The zero-order valence-corrected chi connectivity index (χ0v) is 23.9.